The van der Waals surface area contributed by atoms with Gasteiger partial charge in [-0.2, -0.15) is 0 Å². The molecule has 0 aliphatic carbocycles. The molecule has 0 bridgehead atoms. The molecule has 0 saturated heterocycles. The van der Waals surface area contributed by atoms with Gasteiger partial charge in [-0.1, -0.05) is 26.8 Å². The van der Waals surface area contributed by atoms with E-state index in [-0.39, 0.29) is 18.1 Å². The summed E-state index contributed by atoms with van der Waals surface area (Å²) in [6, 6.07) is 3.54. The highest BCUT2D eigenvalue weighted by atomic mass is 19.1. The van der Waals surface area contributed by atoms with Crippen LogP contribution in [0.4, 0.5) is 10.1 Å². The highest BCUT2D eigenvalue weighted by Gasteiger charge is 2.22. The summed E-state index contributed by atoms with van der Waals surface area (Å²) in [7, 11) is 0. The van der Waals surface area contributed by atoms with E-state index in [1.165, 1.54) is 12.1 Å². The number of halogens is 1. The molecule has 0 atom stereocenters. The van der Waals surface area contributed by atoms with Crippen molar-refractivity contribution in [1.82, 2.24) is 5.32 Å². The fraction of sp³-hybridized carbons (Fsp3) is 0.357. The van der Waals surface area contributed by atoms with Gasteiger partial charge in [-0.05, 0) is 12.1 Å². The first-order valence-corrected chi connectivity index (χ1v) is 6.23. The molecule has 0 aliphatic rings. The number of nitrogens with one attached hydrogen (secondary N) is 2. The lowest BCUT2D eigenvalue weighted by atomic mass is 9.96. The number of hydrogen-bond acceptors (Lipinski definition) is 3. The Balaban J connectivity index is 2.75. The molecule has 0 saturated carbocycles. The van der Waals surface area contributed by atoms with Gasteiger partial charge in [-0.15, -0.1) is 0 Å². The zero-order chi connectivity index (χ0) is 16.2. The molecule has 3 N–H and O–H groups in total. The van der Waals surface area contributed by atoms with Crippen LogP contribution >= 0.6 is 0 Å². The third-order valence-electron chi connectivity index (χ3n) is 2.59. The summed E-state index contributed by atoms with van der Waals surface area (Å²) in [6.07, 6.45) is 0. The van der Waals surface area contributed by atoms with Gasteiger partial charge in [0.15, 0.2) is 0 Å². The topological polar surface area (TPSA) is 95.5 Å². The summed E-state index contributed by atoms with van der Waals surface area (Å²) in [5.41, 5.74) is -1.42. The summed E-state index contributed by atoms with van der Waals surface area (Å²) >= 11 is 0. The number of anilines is 1. The fourth-order valence-corrected chi connectivity index (χ4v) is 1.47. The second kappa shape index (κ2) is 6.34. The van der Waals surface area contributed by atoms with E-state index in [0.29, 0.717) is 0 Å². The maximum atomic E-state index is 13.4. The third kappa shape index (κ3) is 4.55. The molecule has 0 heterocycles. The van der Waals surface area contributed by atoms with Crippen molar-refractivity contribution < 1.29 is 23.9 Å². The molecule has 0 spiro atoms. The minimum absolute atomic E-state index is 0.155. The van der Waals surface area contributed by atoms with E-state index in [0.717, 1.165) is 6.07 Å². The average Bonchev–Trinajstić information content (AvgIpc) is 2.34. The molecule has 1 rings (SSSR count). The largest absolute Gasteiger partial charge is 0.478 e. The Bertz CT molecular complexity index is 579. The standard InChI is InChI=1S/C14H17FN2O4/c1-14(2,3)13(21)16-7-10(18)17-9-6-4-5-8(15)11(9)12(19)20/h4-6H,7H2,1-3H3,(H,16,21)(H,17,18)(H,19,20). The predicted molar refractivity (Wildman–Crippen MR) is 74.5 cm³/mol. The number of carbonyl (C=O) groups excluding carboxylic acids is 2. The number of carbonyl (C=O) groups is 3. The van der Waals surface area contributed by atoms with E-state index >= 15 is 0 Å². The number of carboxylic acid groups (broad SMARTS) is 1. The van der Waals surface area contributed by atoms with Gasteiger partial charge in [-0.3, -0.25) is 9.59 Å². The SMILES string of the molecule is CC(C)(C)C(=O)NCC(=O)Nc1cccc(F)c1C(=O)O. The second-order valence-electron chi connectivity index (χ2n) is 5.45. The van der Waals surface area contributed by atoms with E-state index in [9.17, 15) is 18.8 Å². The summed E-state index contributed by atoms with van der Waals surface area (Å²) in [5, 5.41) is 13.6. The first-order valence-electron chi connectivity index (χ1n) is 6.23. The lowest BCUT2D eigenvalue weighted by Gasteiger charge is -2.17. The van der Waals surface area contributed by atoms with Crippen LogP contribution in [-0.2, 0) is 9.59 Å². The first-order chi connectivity index (χ1) is 9.62. The third-order valence-corrected chi connectivity index (χ3v) is 2.59. The Kier molecular flexibility index (Phi) is 5.02. The Hall–Kier alpha value is -2.44. The van der Waals surface area contributed by atoms with E-state index in [4.69, 9.17) is 5.11 Å². The van der Waals surface area contributed by atoms with Crippen molar-refractivity contribution in [1.29, 1.82) is 0 Å². The Labute approximate surface area is 121 Å². The number of amides is 2. The van der Waals surface area contributed by atoms with Crippen molar-refractivity contribution in [3.63, 3.8) is 0 Å². The molecule has 0 radical (unpaired) electrons. The molecule has 6 nitrogen and oxygen atoms in total. The van der Waals surface area contributed by atoms with Crippen molar-refractivity contribution >= 4 is 23.5 Å². The van der Waals surface area contributed by atoms with Crippen LogP contribution in [0.2, 0.25) is 0 Å². The summed E-state index contributed by atoms with van der Waals surface area (Å²) < 4.78 is 13.4. The van der Waals surface area contributed by atoms with Gasteiger partial charge >= 0.3 is 5.97 Å². The normalized spacial score (nSPS) is 10.9. The minimum atomic E-state index is -1.48. The van der Waals surface area contributed by atoms with Crippen LogP contribution in [0.3, 0.4) is 0 Å². The van der Waals surface area contributed by atoms with Crippen LogP contribution in [-0.4, -0.2) is 29.4 Å². The smallest absolute Gasteiger partial charge is 0.340 e. The monoisotopic (exact) mass is 296 g/mol. The summed E-state index contributed by atoms with van der Waals surface area (Å²) in [6.45, 7) is 4.74. The number of hydrogen-bond donors (Lipinski definition) is 3. The van der Waals surface area contributed by atoms with Crippen LogP contribution in [0.1, 0.15) is 31.1 Å². The Morgan fingerprint density at radius 3 is 2.38 bits per heavy atom. The molecule has 7 heteroatoms. The maximum absolute atomic E-state index is 13.4. The van der Waals surface area contributed by atoms with Crippen LogP contribution in [0.15, 0.2) is 18.2 Å². The highest BCUT2D eigenvalue weighted by molar-refractivity contribution is 6.02. The number of aromatic carboxylic acids is 1. The number of rotatable bonds is 4. The van der Waals surface area contributed by atoms with Gasteiger partial charge in [0, 0.05) is 5.41 Å². The molecule has 0 fully saturated rings. The molecule has 1 aromatic carbocycles. The summed E-state index contributed by atoms with van der Waals surface area (Å²) in [5.74, 6) is -3.39. The van der Waals surface area contributed by atoms with Crippen molar-refractivity contribution in [3.05, 3.63) is 29.6 Å². The molecular weight excluding hydrogens is 279 g/mol. The average molecular weight is 296 g/mol. The fourth-order valence-electron chi connectivity index (χ4n) is 1.47. The van der Waals surface area contributed by atoms with Gasteiger partial charge in [0.1, 0.15) is 11.4 Å². The minimum Gasteiger partial charge on any atom is -0.478 e. The Morgan fingerprint density at radius 2 is 1.86 bits per heavy atom. The van der Waals surface area contributed by atoms with Crippen molar-refractivity contribution in [3.8, 4) is 0 Å². The number of benzene rings is 1. The van der Waals surface area contributed by atoms with E-state index in [1.807, 2.05) is 0 Å². The maximum Gasteiger partial charge on any atom is 0.340 e. The summed E-state index contributed by atoms with van der Waals surface area (Å²) in [4.78, 5) is 34.3. The van der Waals surface area contributed by atoms with Crippen LogP contribution in [0.25, 0.3) is 0 Å². The molecule has 21 heavy (non-hydrogen) atoms. The number of carboxylic acids is 1. The van der Waals surface area contributed by atoms with Gasteiger partial charge < -0.3 is 15.7 Å². The van der Waals surface area contributed by atoms with E-state index in [2.05, 4.69) is 10.6 Å². The van der Waals surface area contributed by atoms with Gasteiger partial charge in [0.05, 0.1) is 12.2 Å². The molecule has 0 aliphatic heterocycles. The molecule has 2 amide bonds. The molecule has 1 aromatic rings. The van der Waals surface area contributed by atoms with E-state index in [1.54, 1.807) is 20.8 Å². The Morgan fingerprint density at radius 1 is 1.24 bits per heavy atom. The van der Waals surface area contributed by atoms with Crippen molar-refractivity contribution in [2.24, 2.45) is 5.41 Å². The molecular formula is C14H17FN2O4. The lowest BCUT2D eigenvalue weighted by Crippen LogP contribution is -2.39. The van der Waals surface area contributed by atoms with Gasteiger partial charge in [0.2, 0.25) is 11.8 Å². The van der Waals surface area contributed by atoms with Crippen molar-refractivity contribution in [2.75, 3.05) is 11.9 Å². The lowest BCUT2D eigenvalue weighted by molar-refractivity contribution is -0.130. The van der Waals surface area contributed by atoms with Crippen LogP contribution in [0.5, 0.6) is 0 Å². The van der Waals surface area contributed by atoms with Crippen LogP contribution in [0, 0.1) is 11.2 Å². The van der Waals surface area contributed by atoms with Gasteiger partial charge in [0.25, 0.3) is 0 Å². The highest BCUT2D eigenvalue weighted by Crippen LogP contribution is 2.18. The van der Waals surface area contributed by atoms with Crippen LogP contribution < -0.4 is 10.6 Å². The predicted octanol–water partition coefficient (Wildman–Crippen LogP) is 1.62. The zero-order valence-electron chi connectivity index (χ0n) is 12.0. The van der Waals surface area contributed by atoms with Crippen molar-refractivity contribution in [2.45, 2.75) is 20.8 Å². The zero-order valence-corrected chi connectivity index (χ0v) is 12.0. The molecule has 114 valence electrons. The molecule has 0 unspecified atom stereocenters. The molecule has 0 aromatic heterocycles. The van der Waals surface area contributed by atoms with Gasteiger partial charge in [-0.25, -0.2) is 9.18 Å². The van der Waals surface area contributed by atoms with E-state index < -0.39 is 28.7 Å². The second-order valence-corrected chi connectivity index (χ2v) is 5.45. The first kappa shape index (κ1) is 16.6. The quantitative estimate of drug-likeness (QED) is 0.786.